The van der Waals surface area contributed by atoms with E-state index < -0.39 is 10.2 Å². The first-order valence-electron chi connectivity index (χ1n) is 9.90. The molecule has 0 radical (unpaired) electrons. The van der Waals surface area contributed by atoms with Crippen molar-refractivity contribution >= 4 is 10.2 Å². The molecular formula is C21H27N3O3S. The van der Waals surface area contributed by atoms with Crippen LogP contribution in [-0.4, -0.2) is 54.8 Å². The van der Waals surface area contributed by atoms with Crippen molar-refractivity contribution in [2.24, 2.45) is 0 Å². The first-order chi connectivity index (χ1) is 13.5. The van der Waals surface area contributed by atoms with Crippen LogP contribution in [0.2, 0.25) is 0 Å². The van der Waals surface area contributed by atoms with Gasteiger partial charge in [0.2, 0.25) is 0 Å². The first kappa shape index (κ1) is 19.5. The summed E-state index contributed by atoms with van der Waals surface area (Å²) in [6.45, 7) is 4.32. The van der Waals surface area contributed by atoms with E-state index in [9.17, 15) is 8.42 Å². The highest BCUT2D eigenvalue weighted by molar-refractivity contribution is 7.86. The zero-order chi connectivity index (χ0) is 19.6. The van der Waals surface area contributed by atoms with Gasteiger partial charge in [-0.15, -0.1) is 0 Å². The summed E-state index contributed by atoms with van der Waals surface area (Å²) in [7, 11) is -3.41. The van der Waals surface area contributed by atoms with E-state index in [0.29, 0.717) is 32.8 Å². The molecular weight excluding hydrogens is 374 g/mol. The number of aryl methyl sites for hydroxylation is 1. The van der Waals surface area contributed by atoms with Gasteiger partial charge in [-0.2, -0.15) is 17.0 Å². The minimum absolute atomic E-state index is 0.320. The molecule has 2 aliphatic rings. The molecule has 2 saturated heterocycles. The predicted octanol–water partition coefficient (Wildman–Crippen LogP) is 2.69. The molecule has 0 unspecified atom stereocenters. The Bertz CT molecular complexity index is 912. The van der Waals surface area contributed by atoms with Crippen LogP contribution in [0.15, 0.2) is 42.5 Å². The molecule has 0 N–H and O–H groups in total. The smallest absolute Gasteiger partial charge is 0.282 e. The van der Waals surface area contributed by atoms with Crippen molar-refractivity contribution in [3.05, 3.63) is 65.0 Å². The number of pyridine rings is 1. The van der Waals surface area contributed by atoms with Crippen molar-refractivity contribution in [1.29, 1.82) is 0 Å². The Balaban J connectivity index is 1.53. The number of rotatable bonds is 5. The SMILES string of the molecule is Cc1cc(Cc2ccccc2)cc([C@@H]2CN(S(=O)(=O)N3CCCC3)CCO2)n1. The second-order valence-corrected chi connectivity index (χ2v) is 9.46. The topological polar surface area (TPSA) is 62.7 Å². The van der Waals surface area contributed by atoms with Crippen molar-refractivity contribution < 1.29 is 13.2 Å². The van der Waals surface area contributed by atoms with Crippen molar-refractivity contribution in [3.63, 3.8) is 0 Å². The fourth-order valence-electron chi connectivity index (χ4n) is 3.96. The predicted molar refractivity (Wildman–Crippen MR) is 108 cm³/mol. The van der Waals surface area contributed by atoms with Crippen LogP contribution in [-0.2, 0) is 21.4 Å². The molecule has 3 heterocycles. The van der Waals surface area contributed by atoms with Crippen LogP contribution in [0.5, 0.6) is 0 Å². The average Bonchev–Trinajstić information content (AvgIpc) is 3.24. The summed E-state index contributed by atoms with van der Waals surface area (Å²) in [5, 5.41) is 0. The lowest BCUT2D eigenvalue weighted by Crippen LogP contribution is -2.48. The summed E-state index contributed by atoms with van der Waals surface area (Å²) in [6.07, 6.45) is 2.37. The third-order valence-electron chi connectivity index (χ3n) is 5.36. The number of hydrogen-bond acceptors (Lipinski definition) is 4. The van der Waals surface area contributed by atoms with Gasteiger partial charge in [0.25, 0.3) is 10.2 Å². The largest absolute Gasteiger partial charge is 0.369 e. The molecule has 0 spiro atoms. The lowest BCUT2D eigenvalue weighted by atomic mass is 10.0. The maximum atomic E-state index is 12.9. The zero-order valence-electron chi connectivity index (χ0n) is 16.3. The fraction of sp³-hybridized carbons (Fsp3) is 0.476. The maximum Gasteiger partial charge on any atom is 0.282 e. The van der Waals surface area contributed by atoms with Gasteiger partial charge in [-0.25, -0.2) is 0 Å². The van der Waals surface area contributed by atoms with Gasteiger partial charge in [0.05, 0.1) is 12.3 Å². The molecule has 0 bridgehead atoms. The minimum atomic E-state index is -3.41. The molecule has 1 atom stereocenters. The van der Waals surface area contributed by atoms with Crippen LogP contribution in [0, 0.1) is 6.92 Å². The van der Waals surface area contributed by atoms with Crippen LogP contribution in [0.4, 0.5) is 0 Å². The van der Waals surface area contributed by atoms with Gasteiger partial charge in [0.1, 0.15) is 6.10 Å². The number of benzene rings is 1. The Hall–Kier alpha value is -1.80. The summed E-state index contributed by atoms with van der Waals surface area (Å²) in [5.41, 5.74) is 4.14. The zero-order valence-corrected chi connectivity index (χ0v) is 17.1. The van der Waals surface area contributed by atoms with Crippen LogP contribution >= 0.6 is 0 Å². The molecule has 1 aromatic heterocycles. The summed E-state index contributed by atoms with van der Waals surface area (Å²) >= 11 is 0. The van der Waals surface area contributed by atoms with Gasteiger partial charge in [0, 0.05) is 31.9 Å². The summed E-state index contributed by atoms with van der Waals surface area (Å²) < 4.78 is 34.9. The molecule has 6 nitrogen and oxygen atoms in total. The van der Waals surface area contributed by atoms with Crippen LogP contribution < -0.4 is 0 Å². The third-order valence-corrected chi connectivity index (χ3v) is 7.36. The molecule has 0 amide bonds. The van der Waals surface area contributed by atoms with Crippen LogP contribution in [0.3, 0.4) is 0 Å². The van der Waals surface area contributed by atoms with Crippen LogP contribution in [0.25, 0.3) is 0 Å². The van der Waals surface area contributed by atoms with E-state index in [1.165, 1.54) is 5.56 Å². The molecule has 7 heteroatoms. The Labute approximate surface area is 167 Å². The van der Waals surface area contributed by atoms with Gasteiger partial charge < -0.3 is 4.74 Å². The second-order valence-electron chi connectivity index (χ2n) is 7.54. The number of hydrogen-bond donors (Lipinski definition) is 0. The van der Waals surface area contributed by atoms with E-state index >= 15 is 0 Å². The highest BCUT2D eigenvalue weighted by Gasteiger charge is 2.36. The van der Waals surface area contributed by atoms with E-state index in [1.54, 1.807) is 8.61 Å². The Kier molecular flexibility index (Phi) is 5.78. The van der Waals surface area contributed by atoms with Gasteiger partial charge in [-0.3, -0.25) is 4.98 Å². The molecule has 28 heavy (non-hydrogen) atoms. The molecule has 2 fully saturated rings. The van der Waals surface area contributed by atoms with Crippen molar-refractivity contribution in [3.8, 4) is 0 Å². The molecule has 2 aliphatic heterocycles. The molecule has 2 aromatic rings. The van der Waals surface area contributed by atoms with E-state index in [-0.39, 0.29) is 6.10 Å². The van der Waals surface area contributed by atoms with Gasteiger partial charge in [-0.05, 0) is 49.4 Å². The Morgan fingerprint density at radius 1 is 1.04 bits per heavy atom. The Morgan fingerprint density at radius 2 is 1.79 bits per heavy atom. The second kappa shape index (κ2) is 8.29. The number of morpholine rings is 1. The highest BCUT2D eigenvalue weighted by atomic mass is 32.2. The van der Waals surface area contributed by atoms with Gasteiger partial charge in [-0.1, -0.05) is 30.3 Å². The summed E-state index contributed by atoms with van der Waals surface area (Å²) in [4.78, 5) is 4.65. The number of nitrogens with zero attached hydrogens (tertiary/aromatic N) is 3. The minimum Gasteiger partial charge on any atom is -0.369 e. The monoisotopic (exact) mass is 401 g/mol. The van der Waals surface area contributed by atoms with Crippen molar-refractivity contribution in [2.45, 2.75) is 32.3 Å². The molecule has 0 aliphatic carbocycles. The first-order valence-corrected chi connectivity index (χ1v) is 11.3. The average molecular weight is 402 g/mol. The highest BCUT2D eigenvalue weighted by Crippen LogP contribution is 2.26. The van der Waals surface area contributed by atoms with Gasteiger partial charge >= 0.3 is 0 Å². The van der Waals surface area contributed by atoms with Crippen molar-refractivity contribution in [1.82, 2.24) is 13.6 Å². The van der Waals surface area contributed by atoms with E-state index in [2.05, 4.69) is 29.2 Å². The quantitative estimate of drug-likeness (QED) is 0.773. The van der Waals surface area contributed by atoms with Crippen molar-refractivity contribution in [2.75, 3.05) is 32.8 Å². The Morgan fingerprint density at radius 3 is 2.54 bits per heavy atom. The van der Waals surface area contributed by atoms with E-state index in [0.717, 1.165) is 36.2 Å². The normalized spacial score (nSPS) is 21.8. The molecule has 0 saturated carbocycles. The summed E-state index contributed by atoms with van der Waals surface area (Å²) in [5.74, 6) is 0. The summed E-state index contributed by atoms with van der Waals surface area (Å²) in [6, 6.07) is 14.4. The number of ether oxygens (including phenoxy) is 1. The molecule has 1 aromatic carbocycles. The van der Waals surface area contributed by atoms with E-state index in [4.69, 9.17) is 4.74 Å². The lowest BCUT2D eigenvalue weighted by Gasteiger charge is -2.34. The standard InChI is InChI=1S/C21H27N3O3S/c1-17-13-19(14-18-7-3-2-4-8-18)15-20(22-17)21-16-24(11-12-27-21)28(25,26)23-9-5-6-10-23/h2-4,7-8,13,15,21H,5-6,9-12,14,16H2,1H3/t21-/m0/s1. The lowest BCUT2D eigenvalue weighted by molar-refractivity contribution is -0.00656. The maximum absolute atomic E-state index is 12.9. The van der Waals surface area contributed by atoms with Gasteiger partial charge in [0.15, 0.2) is 0 Å². The molecule has 4 rings (SSSR count). The molecule has 150 valence electrons. The van der Waals surface area contributed by atoms with E-state index in [1.807, 2.05) is 25.1 Å². The number of aromatic nitrogens is 1. The third kappa shape index (κ3) is 4.27. The van der Waals surface area contributed by atoms with Crippen LogP contribution in [0.1, 0.15) is 41.5 Å². The fourth-order valence-corrected chi connectivity index (χ4v) is 5.64.